The molecule has 0 aliphatic carbocycles. The molecule has 1 N–H and O–H groups in total. The zero-order valence-electron chi connectivity index (χ0n) is 12.2. The summed E-state index contributed by atoms with van der Waals surface area (Å²) in [6, 6.07) is 14.7. The molecular weight excluding hydrogens is 321 g/mol. The van der Waals surface area contributed by atoms with E-state index in [9.17, 15) is 13.2 Å². The molecular formula is C17H13F3N2S. The number of rotatable bonds is 3. The number of imidazole rings is 1. The molecule has 0 unspecified atom stereocenters. The fourth-order valence-corrected chi connectivity index (χ4v) is 2.67. The Morgan fingerprint density at radius 2 is 1.57 bits per heavy atom. The lowest BCUT2D eigenvalue weighted by Gasteiger charge is -2.08. The predicted molar refractivity (Wildman–Crippen MR) is 86.2 cm³/mol. The third-order valence-electron chi connectivity index (χ3n) is 3.42. The lowest BCUT2D eigenvalue weighted by atomic mass is 10.0. The van der Waals surface area contributed by atoms with E-state index in [1.165, 1.54) is 23.9 Å². The smallest absolute Gasteiger partial charge is 0.332 e. The van der Waals surface area contributed by atoms with Gasteiger partial charge < -0.3 is 4.98 Å². The summed E-state index contributed by atoms with van der Waals surface area (Å²) in [5.41, 5.74) is 2.37. The van der Waals surface area contributed by atoms with Crippen molar-refractivity contribution in [1.29, 1.82) is 0 Å². The van der Waals surface area contributed by atoms with Gasteiger partial charge in [-0.25, -0.2) is 4.98 Å². The Morgan fingerprint density at radius 1 is 0.913 bits per heavy atom. The first-order valence-electron chi connectivity index (χ1n) is 6.86. The van der Waals surface area contributed by atoms with Crippen LogP contribution in [-0.4, -0.2) is 16.2 Å². The van der Waals surface area contributed by atoms with Crippen molar-refractivity contribution in [2.45, 2.75) is 11.3 Å². The van der Waals surface area contributed by atoms with Gasteiger partial charge in [0.1, 0.15) is 0 Å². The van der Waals surface area contributed by atoms with Crippen molar-refractivity contribution in [3.63, 3.8) is 0 Å². The fourth-order valence-electron chi connectivity index (χ4n) is 2.29. The minimum absolute atomic E-state index is 0.660. The summed E-state index contributed by atoms with van der Waals surface area (Å²) in [7, 11) is 0. The summed E-state index contributed by atoms with van der Waals surface area (Å²) in [5.74, 6) is 0. The van der Waals surface area contributed by atoms with Crippen LogP contribution in [0.5, 0.6) is 0 Å². The Kier molecular flexibility index (Phi) is 4.17. The molecule has 0 saturated heterocycles. The van der Waals surface area contributed by atoms with Gasteiger partial charge in [0.05, 0.1) is 17.0 Å². The number of alkyl halides is 3. The molecule has 0 atom stereocenters. The molecule has 0 saturated carbocycles. The summed E-state index contributed by atoms with van der Waals surface area (Å²) < 4.78 is 38.1. The van der Waals surface area contributed by atoms with Crippen molar-refractivity contribution in [2.75, 3.05) is 6.26 Å². The zero-order chi connectivity index (χ0) is 16.4. The standard InChI is InChI=1S/C17H13F3N2S/c1-23-16-21-14(11-5-3-2-4-6-11)15(22-16)12-7-9-13(10-8-12)17(18,19)20/h2-10H,1H3,(H,21,22). The quantitative estimate of drug-likeness (QED) is 0.642. The van der Waals surface area contributed by atoms with Crippen molar-refractivity contribution >= 4 is 11.8 Å². The van der Waals surface area contributed by atoms with E-state index >= 15 is 0 Å². The Bertz CT molecular complexity index is 793. The summed E-state index contributed by atoms with van der Waals surface area (Å²) in [6.07, 6.45) is -2.44. The van der Waals surface area contributed by atoms with E-state index in [0.717, 1.165) is 28.5 Å². The first-order valence-corrected chi connectivity index (χ1v) is 8.08. The van der Waals surface area contributed by atoms with Gasteiger partial charge in [-0.1, -0.05) is 54.2 Å². The maximum atomic E-state index is 12.7. The van der Waals surface area contributed by atoms with Gasteiger partial charge in [0.2, 0.25) is 0 Å². The molecule has 0 aliphatic heterocycles. The van der Waals surface area contributed by atoms with E-state index in [2.05, 4.69) is 9.97 Å². The molecule has 6 heteroatoms. The summed E-state index contributed by atoms with van der Waals surface area (Å²) in [5, 5.41) is 0.721. The molecule has 0 spiro atoms. The van der Waals surface area contributed by atoms with Gasteiger partial charge >= 0.3 is 6.18 Å². The summed E-state index contributed by atoms with van der Waals surface area (Å²) in [4.78, 5) is 7.71. The van der Waals surface area contributed by atoms with Gasteiger partial charge in [0.25, 0.3) is 0 Å². The molecule has 2 aromatic carbocycles. The van der Waals surface area contributed by atoms with Gasteiger partial charge in [-0.15, -0.1) is 0 Å². The molecule has 0 fully saturated rings. The van der Waals surface area contributed by atoms with Crippen LogP contribution in [0, 0.1) is 0 Å². The Morgan fingerprint density at radius 3 is 2.13 bits per heavy atom. The number of nitrogens with zero attached hydrogens (tertiary/aromatic N) is 1. The van der Waals surface area contributed by atoms with Crippen LogP contribution in [0.1, 0.15) is 5.56 Å². The number of nitrogens with one attached hydrogen (secondary N) is 1. The van der Waals surface area contributed by atoms with Crippen molar-refractivity contribution in [1.82, 2.24) is 9.97 Å². The number of hydrogen-bond acceptors (Lipinski definition) is 2. The van der Waals surface area contributed by atoms with Gasteiger partial charge in [-0.3, -0.25) is 0 Å². The van der Waals surface area contributed by atoms with E-state index in [-0.39, 0.29) is 0 Å². The average molecular weight is 334 g/mol. The lowest BCUT2D eigenvalue weighted by Crippen LogP contribution is -2.04. The topological polar surface area (TPSA) is 28.7 Å². The molecule has 118 valence electrons. The van der Waals surface area contributed by atoms with Crippen LogP contribution >= 0.6 is 11.8 Å². The number of aromatic amines is 1. The van der Waals surface area contributed by atoms with Gasteiger partial charge in [-0.05, 0) is 18.4 Å². The van der Waals surface area contributed by atoms with Crippen molar-refractivity contribution in [3.8, 4) is 22.5 Å². The van der Waals surface area contributed by atoms with Crippen LogP contribution in [0.3, 0.4) is 0 Å². The van der Waals surface area contributed by atoms with E-state index < -0.39 is 11.7 Å². The predicted octanol–water partition coefficient (Wildman–Crippen LogP) is 5.48. The number of benzene rings is 2. The molecule has 23 heavy (non-hydrogen) atoms. The summed E-state index contributed by atoms with van der Waals surface area (Å²) in [6.45, 7) is 0. The Labute approximate surface area is 135 Å². The SMILES string of the molecule is CSc1nc(-c2ccccc2)c(-c2ccc(C(F)(F)F)cc2)[nH]1. The number of aromatic nitrogens is 2. The van der Waals surface area contributed by atoms with Crippen LogP contribution in [0.25, 0.3) is 22.5 Å². The Hall–Kier alpha value is -2.21. The number of thioether (sulfide) groups is 1. The largest absolute Gasteiger partial charge is 0.416 e. The van der Waals surface area contributed by atoms with Crippen molar-refractivity contribution < 1.29 is 13.2 Å². The highest BCUT2D eigenvalue weighted by atomic mass is 32.2. The number of hydrogen-bond donors (Lipinski definition) is 1. The molecule has 1 heterocycles. The minimum atomic E-state index is -4.33. The second kappa shape index (κ2) is 6.12. The molecule has 0 bridgehead atoms. The van der Waals surface area contributed by atoms with Crippen molar-refractivity contribution in [2.24, 2.45) is 0 Å². The van der Waals surface area contributed by atoms with Crippen molar-refractivity contribution in [3.05, 3.63) is 60.2 Å². The monoisotopic (exact) mass is 334 g/mol. The molecule has 3 rings (SSSR count). The van der Waals surface area contributed by atoms with Crippen LogP contribution in [0.4, 0.5) is 13.2 Å². The molecule has 1 aromatic heterocycles. The van der Waals surface area contributed by atoms with E-state index in [1.54, 1.807) is 0 Å². The average Bonchev–Trinajstić information content (AvgIpc) is 2.99. The Balaban J connectivity index is 2.07. The highest BCUT2D eigenvalue weighted by Crippen LogP contribution is 2.34. The normalized spacial score (nSPS) is 11.7. The molecule has 2 nitrogen and oxygen atoms in total. The second-order valence-corrected chi connectivity index (χ2v) is 5.71. The van der Waals surface area contributed by atoms with Gasteiger partial charge in [0.15, 0.2) is 5.16 Å². The first-order chi connectivity index (χ1) is 11.0. The second-order valence-electron chi connectivity index (χ2n) is 4.91. The molecule has 0 amide bonds. The number of halogens is 3. The molecule has 0 aliphatic rings. The van der Waals surface area contributed by atoms with E-state index in [0.29, 0.717) is 11.3 Å². The highest BCUT2D eigenvalue weighted by Gasteiger charge is 2.30. The maximum absolute atomic E-state index is 12.7. The fraction of sp³-hybridized carbons (Fsp3) is 0.118. The third kappa shape index (κ3) is 3.27. The van der Waals surface area contributed by atoms with Crippen LogP contribution in [-0.2, 0) is 6.18 Å². The maximum Gasteiger partial charge on any atom is 0.416 e. The highest BCUT2D eigenvalue weighted by molar-refractivity contribution is 7.98. The van der Waals surface area contributed by atoms with Crippen LogP contribution in [0.15, 0.2) is 59.8 Å². The van der Waals surface area contributed by atoms with Gasteiger partial charge in [-0.2, -0.15) is 13.2 Å². The van der Waals surface area contributed by atoms with Crippen LogP contribution < -0.4 is 0 Å². The molecule has 0 radical (unpaired) electrons. The lowest BCUT2D eigenvalue weighted by molar-refractivity contribution is -0.137. The zero-order valence-corrected chi connectivity index (χ0v) is 13.0. The molecule has 3 aromatic rings. The third-order valence-corrected chi connectivity index (χ3v) is 4.00. The first kappa shape index (κ1) is 15.7. The van der Waals surface area contributed by atoms with E-state index in [1.807, 2.05) is 36.6 Å². The van der Waals surface area contributed by atoms with E-state index in [4.69, 9.17) is 0 Å². The van der Waals surface area contributed by atoms with Crippen LogP contribution in [0.2, 0.25) is 0 Å². The number of H-pyrrole nitrogens is 1. The minimum Gasteiger partial charge on any atom is -0.332 e. The van der Waals surface area contributed by atoms with Gasteiger partial charge in [0, 0.05) is 11.1 Å². The summed E-state index contributed by atoms with van der Waals surface area (Å²) >= 11 is 1.45.